The summed E-state index contributed by atoms with van der Waals surface area (Å²) in [6, 6.07) is 16.2. The fourth-order valence-corrected chi connectivity index (χ4v) is 2.60. The zero-order chi connectivity index (χ0) is 17.5. The zero-order valence-corrected chi connectivity index (χ0v) is 14.9. The van der Waals surface area contributed by atoms with E-state index in [0.29, 0.717) is 30.4 Å². The van der Waals surface area contributed by atoms with Crippen LogP contribution >= 0.6 is 0 Å². The Morgan fingerprint density at radius 1 is 1.12 bits per heavy atom. The molecule has 24 heavy (non-hydrogen) atoms. The van der Waals surface area contributed by atoms with Gasteiger partial charge in [-0.2, -0.15) is 0 Å². The average Bonchev–Trinajstić information content (AvgIpc) is 2.57. The molecule has 0 spiro atoms. The standard InChI is InChI=1S/C20H26N2O2/c1-15(2)22(17-11-9-16(3)10-12-17)14-13-20(23)21-18-7-5-6-8-19(18)24-4/h5-12,15H,13-14H2,1-4H3,(H,21,23). The molecule has 0 unspecified atom stereocenters. The van der Waals surface area contributed by atoms with Crippen LogP contribution in [-0.2, 0) is 4.79 Å². The first-order valence-electron chi connectivity index (χ1n) is 8.27. The Hall–Kier alpha value is -2.49. The van der Waals surface area contributed by atoms with E-state index >= 15 is 0 Å². The van der Waals surface area contributed by atoms with E-state index in [1.165, 1.54) is 5.56 Å². The van der Waals surface area contributed by atoms with Gasteiger partial charge in [-0.05, 0) is 45.0 Å². The number of nitrogens with zero attached hydrogens (tertiary/aromatic N) is 1. The number of carbonyl (C=O) groups excluding carboxylic acids is 1. The Morgan fingerprint density at radius 3 is 2.42 bits per heavy atom. The number of methoxy groups -OCH3 is 1. The Bertz CT molecular complexity index is 666. The number of nitrogens with one attached hydrogen (secondary N) is 1. The molecule has 2 rings (SSSR count). The molecule has 1 N–H and O–H groups in total. The maximum Gasteiger partial charge on any atom is 0.226 e. The normalized spacial score (nSPS) is 10.5. The summed E-state index contributed by atoms with van der Waals surface area (Å²) in [5.41, 5.74) is 3.08. The van der Waals surface area contributed by atoms with Crippen LogP contribution in [-0.4, -0.2) is 25.6 Å². The zero-order valence-electron chi connectivity index (χ0n) is 14.9. The summed E-state index contributed by atoms with van der Waals surface area (Å²) >= 11 is 0. The van der Waals surface area contributed by atoms with Gasteiger partial charge in [-0.15, -0.1) is 0 Å². The highest BCUT2D eigenvalue weighted by Crippen LogP contribution is 2.23. The van der Waals surface area contributed by atoms with E-state index < -0.39 is 0 Å². The lowest BCUT2D eigenvalue weighted by molar-refractivity contribution is -0.116. The molecular formula is C20H26N2O2. The number of carbonyl (C=O) groups is 1. The molecule has 0 aliphatic rings. The number of para-hydroxylation sites is 2. The molecule has 0 fully saturated rings. The van der Waals surface area contributed by atoms with Crippen molar-refractivity contribution >= 4 is 17.3 Å². The van der Waals surface area contributed by atoms with Gasteiger partial charge in [0.15, 0.2) is 0 Å². The summed E-state index contributed by atoms with van der Waals surface area (Å²) in [4.78, 5) is 14.5. The van der Waals surface area contributed by atoms with Crippen molar-refractivity contribution in [2.75, 3.05) is 23.9 Å². The summed E-state index contributed by atoms with van der Waals surface area (Å²) in [7, 11) is 1.60. The van der Waals surface area contributed by atoms with Crippen LogP contribution in [0, 0.1) is 6.92 Å². The minimum atomic E-state index is -0.0164. The van der Waals surface area contributed by atoms with Gasteiger partial charge >= 0.3 is 0 Å². The fraction of sp³-hybridized carbons (Fsp3) is 0.350. The third-order valence-corrected chi connectivity index (χ3v) is 3.95. The van der Waals surface area contributed by atoms with Crippen molar-refractivity contribution in [2.45, 2.75) is 33.2 Å². The molecule has 0 bridgehead atoms. The Balaban J connectivity index is 1.99. The topological polar surface area (TPSA) is 41.6 Å². The van der Waals surface area contributed by atoms with E-state index in [0.717, 1.165) is 5.69 Å². The molecule has 0 aliphatic heterocycles. The average molecular weight is 326 g/mol. The molecule has 0 aliphatic carbocycles. The fourth-order valence-electron chi connectivity index (χ4n) is 2.60. The van der Waals surface area contributed by atoms with Gasteiger partial charge in [0, 0.05) is 24.7 Å². The number of hydrogen-bond acceptors (Lipinski definition) is 3. The van der Waals surface area contributed by atoms with Gasteiger partial charge in [-0.3, -0.25) is 4.79 Å². The number of rotatable bonds is 7. The van der Waals surface area contributed by atoms with E-state index in [1.54, 1.807) is 7.11 Å². The van der Waals surface area contributed by atoms with Crippen molar-refractivity contribution in [1.29, 1.82) is 0 Å². The molecule has 2 aromatic rings. The van der Waals surface area contributed by atoms with E-state index in [1.807, 2.05) is 24.3 Å². The van der Waals surface area contributed by atoms with Crippen LogP contribution < -0.4 is 15.0 Å². The van der Waals surface area contributed by atoms with Crippen molar-refractivity contribution < 1.29 is 9.53 Å². The molecule has 0 atom stereocenters. The molecule has 0 aromatic heterocycles. The van der Waals surface area contributed by atoms with Crippen LogP contribution in [0.1, 0.15) is 25.8 Å². The van der Waals surface area contributed by atoms with Crippen molar-refractivity contribution in [1.82, 2.24) is 0 Å². The lowest BCUT2D eigenvalue weighted by Gasteiger charge is -2.29. The number of aryl methyl sites for hydroxylation is 1. The lowest BCUT2D eigenvalue weighted by atomic mass is 10.1. The van der Waals surface area contributed by atoms with Gasteiger partial charge in [0.25, 0.3) is 0 Å². The van der Waals surface area contributed by atoms with E-state index in [2.05, 4.69) is 55.3 Å². The summed E-state index contributed by atoms with van der Waals surface area (Å²) in [5.74, 6) is 0.655. The molecule has 128 valence electrons. The molecule has 4 nitrogen and oxygen atoms in total. The number of ether oxygens (including phenoxy) is 1. The first kappa shape index (κ1) is 17.9. The monoisotopic (exact) mass is 326 g/mol. The van der Waals surface area contributed by atoms with Crippen LogP contribution in [0.15, 0.2) is 48.5 Å². The first-order valence-corrected chi connectivity index (χ1v) is 8.27. The third kappa shape index (κ3) is 4.75. The SMILES string of the molecule is COc1ccccc1NC(=O)CCN(c1ccc(C)cc1)C(C)C. The van der Waals surface area contributed by atoms with Crippen molar-refractivity contribution in [2.24, 2.45) is 0 Å². The Labute approximate surface area is 144 Å². The van der Waals surface area contributed by atoms with Crippen LogP contribution in [0.5, 0.6) is 5.75 Å². The highest BCUT2D eigenvalue weighted by Gasteiger charge is 2.13. The number of anilines is 2. The number of hydrogen-bond donors (Lipinski definition) is 1. The molecular weight excluding hydrogens is 300 g/mol. The van der Waals surface area contributed by atoms with E-state index in [9.17, 15) is 4.79 Å². The molecule has 4 heteroatoms. The minimum Gasteiger partial charge on any atom is -0.495 e. The number of amides is 1. The first-order chi connectivity index (χ1) is 11.5. The van der Waals surface area contributed by atoms with E-state index in [4.69, 9.17) is 4.74 Å². The molecule has 0 heterocycles. The summed E-state index contributed by atoms with van der Waals surface area (Å²) in [5, 5.41) is 2.93. The lowest BCUT2D eigenvalue weighted by Crippen LogP contribution is -2.33. The summed E-state index contributed by atoms with van der Waals surface area (Å²) in [6.07, 6.45) is 0.421. The highest BCUT2D eigenvalue weighted by molar-refractivity contribution is 5.92. The second-order valence-electron chi connectivity index (χ2n) is 6.12. The predicted octanol–water partition coefficient (Wildman–Crippen LogP) is 4.25. The predicted molar refractivity (Wildman–Crippen MR) is 99.9 cm³/mol. The smallest absolute Gasteiger partial charge is 0.226 e. The largest absolute Gasteiger partial charge is 0.495 e. The molecule has 0 saturated carbocycles. The van der Waals surface area contributed by atoms with Gasteiger partial charge in [-0.1, -0.05) is 29.8 Å². The maximum atomic E-state index is 12.3. The van der Waals surface area contributed by atoms with Crippen molar-refractivity contribution in [3.8, 4) is 5.75 Å². The molecule has 1 amide bonds. The van der Waals surface area contributed by atoms with E-state index in [-0.39, 0.29) is 5.91 Å². The van der Waals surface area contributed by atoms with Gasteiger partial charge < -0.3 is 15.0 Å². The Kier molecular flexibility index (Phi) is 6.24. The van der Waals surface area contributed by atoms with Crippen molar-refractivity contribution in [3.05, 3.63) is 54.1 Å². The van der Waals surface area contributed by atoms with Crippen LogP contribution in [0.4, 0.5) is 11.4 Å². The quantitative estimate of drug-likeness (QED) is 0.827. The van der Waals surface area contributed by atoms with Gasteiger partial charge in [0.2, 0.25) is 5.91 Å². The van der Waals surface area contributed by atoms with Crippen LogP contribution in [0.25, 0.3) is 0 Å². The second kappa shape index (κ2) is 8.39. The molecule has 2 aromatic carbocycles. The van der Waals surface area contributed by atoms with Crippen LogP contribution in [0.2, 0.25) is 0 Å². The summed E-state index contributed by atoms with van der Waals surface area (Å²) in [6.45, 7) is 7.02. The second-order valence-corrected chi connectivity index (χ2v) is 6.12. The van der Waals surface area contributed by atoms with Crippen LogP contribution in [0.3, 0.4) is 0 Å². The molecule has 0 radical (unpaired) electrons. The Morgan fingerprint density at radius 2 is 1.79 bits per heavy atom. The molecule has 0 saturated heterocycles. The highest BCUT2D eigenvalue weighted by atomic mass is 16.5. The third-order valence-electron chi connectivity index (χ3n) is 3.95. The maximum absolute atomic E-state index is 12.3. The number of benzene rings is 2. The van der Waals surface area contributed by atoms with Crippen molar-refractivity contribution in [3.63, 3.8) is 0 Å². The van der Waals surface area contributed by atoms with Gasteiger partial charge in [-0.25, -0.2) is 0 Å². The minimum absolute atomic E-state index is 0.0164. The van der Waals surface area contributed by atoms with Gasteiger partial charge in [0.1, 0.15) is 5.75 Å². The summed E-state index contributed by atoms with van der Waals surface area (Å²) < 4.78 is 5.27. The van der Waals surface area contributed by atoms with Gasteiger partial charge in [0.05, 0.1) is 12.8 Å².